The molecule has 0 amide bonds. The first-order valence-electron chi connectivity index (χ1n) is 6.22. The van der Waals surface area contributed by atoms with Gasteiger partial charge in [0.05, 0.1) is 6.61 Å². The van der Waals surface area contributed by atoms with Crippen molar-refractivity contribution in [3.8, 4) is 0 Å². The lowest BCUT2D eigenvalue weighted by molar-refractivity contribution is -0.151. The van der Waals surface area contributed by atoms with Gasteiger partial charge in [-0.1, -0.05) is 60.7 Å². The van der Waals surface area contributed by atoms with E-state index in [0.29, 0.717) is 13.2 Å². The van der Waals surface area contributed by atoms with Crippen LogP contribution in [0.15, 0.2) is 60.7 Å². The summed E-state index contributed by atoms with van der Waals surface area (Å²) in [6, 6.07) is 20.1. The largest absolute Gasteiger partial charge is 0.349 e. The van der Waals surface area contributed by atoms with Crippen molar-refractivity contribution in [2.24, 2.45) is 0 Å². The SMILES string of the molecule is CCOC(OCc1ccccc1)c1ccccc1. The molecule has 2 aromatic rings. The molecule has 18 heavy (non-hydrogen) atoms. The van der Waals surface area contributed by atoms with Gasteiger partial charge in [0.25, 0.3) is 0 Å². The fourth-order valence-corrected chi connectivity index (χ4v) is 1.75. The highest BCUT2D eigenvalue weighted by Crippen LogP contribution is 2.20. The van der Waals surface area contributed by atoms with Gasteiger partial charge in [-0.3, -0.25) is 0 Å². The van der Waals surface area contributed by atoms with E-state index >= 15 is 0 Å². The van der Waals surface area contributed by atoms with Crippen LogP contribution in [0.5, 0.6) is 0 Å². The average Bonchev–Trinajstić information content (AvgIpc) is 2.45. The highest BCUT2D eigenvalue weighted by atomic mass is 16.7. The molecule has 1 atom stereocenters. The molecule has 0 heterocycles. The molecule has 0 aliphatic rings. The van der Waals surface area contributed by atoms with Crippen molar-refractivity contribution in [3.63, 3.8) is 0 Å². The third-order valence-corrected chi connectivity index (χ3v) is 2.63. The Morgan fingerprint density at radius 1 is 0.833 bits per heavy atom. The molecule has 0 saturated heterocycles. The molecule has 0 aliphatic carbocycles. The normalized spacial score (nSPS) is 12.3. The molecule has 2 heteroatoms. The van der Waals surface area contributed by atoms with Crippen molar-refractivity contribution in [1.82, 2.24) is 0 Å². The van der Waals surface area contributed by atoms with Crippen LogP contribution >= 0.6 is 0 Å². The minimum Gasteiger partial charge on any atom is -0.349 e. The predicted molar refractivity (Wildman–Crippen MR) is 72.0 cm³/mol. The van der Waals surface area contributed by atoms with Gasteiger partial charge in [0, 0.05) is 12.2 Å². The fourth-order valence-electron chi connectivity index (χ4n) is 1.75. The first-order valence-corrected chi connectivity index (χ1v) is 6.22. The van der Waals surface area contributed by atoms with Crippen LogP contribution in [-0.4, -0.2) is 6.61 Å². The van der Waals surface area contributed by atoms with Crippen LogP contribution in [0.25, 0.3) is 0 Å². The lowest BCUT2D eigenvalue weighted by atomic mass is 10.2. The molecule has 0 aromatic heterocycles. The molecular formula is C16H18O2. The lowest BCUT2D eigenvalue weighted by Gasteiger charge is -2.18. The predicted octanol–water partition coefficient (Wildman–Crippen LogP) is 3.94. The third kappa shape index (κ3) is 3.69. The van der Waals surface area contributed by atoms with E-state index in [1.807, 2.05) is 67.6 Å². The Morgan fingerprint density at radius 2 is 1.44 bits per heavy atom. The number of ether oxygens (including phenoxy) is 2. The van der Waals surface area contributed by atoms with Crippen LogP contribution in [0.4, 0.5) is 0 Å². The molecule has 0 fully saturated rings. The van der Waals surface area contributed by atoms with Gasteiger partial charge >= 0.3 is 0 Å². The minimum atomic E-state index is -0.295. The minimum absolute atomic E-state index is 0.295. The summed E-state index contributed by atoms with van der Waals surface area (Å²) in [7, 11) is 0. The van der Waals surface area contributed by atoms with E-state index in [4.69, 9.17) is 9.47 Å². The van der Waals surface area contributed by atoms with Crippen LogP contribution < -0.4 is 0 Å². The number of hydrogen-bond acceptors (Lipinski definition) is 2. The summed E-state index contributed by atoms with van der Waals surface area (Å²) in [6.45, 7) is 3.16. The fraction of sp³-hybridized carbons (Fsp3) is 0.250. The Labute approximate surface area is 108 Å². The molecule has 2 rings (SSSR count). The van der Waals surface area contributed by atoms with Crippen LogP contribution in [0.3, 0.4) is 0 Å². The van der Waals surface area contributed by atoms with Gasteiger partial charge in [-0.15, -0.1) is 0 Å². The standard InChI is InChI=1S/C16H18O2/c1-2-17-16(15-11-7-4-8-12-15)18-13-14-9-5-3-6-10-14/h3-12,16H,2,13H2,1H3. The van der Waals surface area contributed by atoms with E-state index in [1.165, 1.54) is 0 Å². The molecule has 1 unspecified atom stereocenters. The quantitative estimate of drug-likeness (QED) is 0.714. The molecule has 0 spiro atoms. The molecular weight excluding hydrogens is 224 g/mol. The zero-order valence-corrected chi connectivity index (χ0v) is 10.6. The molecule has 0 N–H and O–H groups in total. The Kier molecular flexibility index (Phi) is 4.94. The first kappa shape index (κ1) is 12.8. The Balaban J connectivity index is 1.99. The van der Waals surface area contributed by atoms with Crippen molar-refractivity contribution in [2.75, 3.05) is 6.61 Å². The highest BCUT2D eigenvalue weighted by molar-refractivity contribution is 5.17. The average molecular weight is 242 g/mol. The maximum atomic E-state index is 5.83. The molecule has 2 nitrogen and oxygen atoms in total. The van der Waals surface area contributed by atoms with Gasteiger partial charge in [0.2, 0.25) is 0 Å². The topological polar surface area (TPSA) is 18.5 Å². The highest BCUT2D eigenvalue weighted by Gasteiger charge is 2.11. The summed E-state index contributed by atoms with van der Waals surface area (Å²) in [6.07, 6.45) is -0.295. The van der Waals surface area contributed by atoms with E-state index < -0.39 is 0 Å². The third-order valence-electron chi connectivity index (χ3n) is 2.63. The van der Waals surface area contributed by atoms with Crippen molar-refractivity contribution < 1.29 is 9.47 Å². The molecule has 2 aromatic carbocycles. The van der Waals surface area contributed by atoms with E-state index in [-0.39, 0.29) is 6.29 Å². The first-order chi connectivity index (χ1) is 8.90. The summed E-state index contributed by atoms with van der Waals surface area (Å²) in [5.41, 5.74) is 2.20. The zero-order chi connectivity index (χ0) is 12.6. The van der Waals surface area contributed by atoms with Gasteiger partial charge in [-0.25, -0.2) is 0 Å². The molecule has 0 radical (unpaired) electrons. The van der Waals surface area contributed by atoms with Gasteiger partial charge in [0.1, 0.15) is 0 Å². The summed E-state index contributed by atoms with van der Waals surface area (Å²) < 4.78 is 11.5. The molecule has 0 bridgehead atoms. The van der Waals surface area contributed by atoms with Crippen LogP contribution in [0, 0.1) is 0 Å². The van der Waals surface area contributed by atoms with E-state index in [1.54, 1.807) is 0 Å². The van der Waals surface area contributed by atoms with Gasteiger partial charge in [0.15, 0.2) is 6.29 Å². The molecule has 0 saturated carbocycles. The van der Waals surface area contributed by atoms with Gasteiger partial charge in [-0.05, 0) is 12.5 Å². The van der Waals surface area contributed by atoms with Gasteiger partial charge < -0.3 is 9.47 Å². The van der Waals surface area contributed by atoms with Crippen molar-refractivity contribution in [3.05, 3.63) is 71.8 Å². The Bertz CT molecular complexity index is 439. The van der Waals surface area contributed by atoms with Crippen molar-refractivity contribution in [2.45, 2.75) is 19.8 Å². The summed E-state index contributed by atoms with van der Waals surface area (Å²) in [5, 5.41) is 0. The number of hydrogen-bond donors (Lipinski definition) is 0. The van der Waals surface area contributed by atoms with E-state index in [2.05, 4.69) is 0 Å². The lowest BCUT2D eigenvalue weighted by Crippen LogP contribution is -2.08. The summed E-state index contributed by atoms with van der Waals surface area (Å²) in [4.78, 5) is 0. The maximum absolute atomic E-state index is 5.83. The number of rotatable bonds is 6. The van der Waals surface area contributed by atoms with Crippen LogP contribution in [0.2, 0.25) is 0 Å². The van der Waals surface area contributed by atoms with Crippen molar-refractivity contribution >= 4 is 0 Å². The molecule has 94 valence electrons. The number of benzene rings is 2. The monoisotopic (exact) mass is 242 g/mol. The summed E-state index contributed by atoms with van der Waals surface area (Å²) >= 11 is 0. The maximum Gasteiger partial charge on any atom is 0.184 e. The Morgan fingerprint density at radius 3 is 2.06 bits per heavy atom. The van der Waals surface area contributed by atoms with Crippen LogP contribution in [-0.2, 0) is 16.1 Å². The second kappa shape index (κ2) is 6.94. The second-order valence-electron chi connectivity index (χ2n) is 3.99. The van der Waals surface area contributed by atoms with E-state index in [0.717, 1.165) is 11.1 Å². The second-order valence-corrected chi connectivity index (χ2v) is 3.99. The Hall–Kier alpha value is -1.64. The smallest absolute Gasteiger partial charge is 0.184 e. The zero-order valence-electron chi connectivity index (χ0n) is 10.6. The summed E-state index contributed by atoms with van der Waals surface area (Å²) in [5.74, 6) is 0. The van der Waals surface area contributed by atoms with E-state index in [9.17, 15) is 0 Å². The van der Waals surface area contributed by atoms with Crippen LogP contribution in [0.1, 0.15) is 24.3 Å². The van der Waals surface area contributed by atoms with Crippen molar-refractivity contribution in [1.29, 1.82) is 0 Å². The molecule has 0 aliphatic heterocycles. The van der Waals surface area contributed by atoms with Gasteiger partial charge in [-0.2, -0.15) is 0 Å².